The third-order valence-corrected chi connectivity index (χ3v) is 2.87. The maximum absolute atomic E-state index is 11.7. The van der Waals surface area contributed by atoms with Crippen molar-refractivity contribution in [1.82, 2.24) is 5.32 Å². The highest BCUT2D eigenvalue weighted by Crippen LogP contribution is 2.17. The van der Waals surface area contributed by atoms with Crippen LogP contribution in [-0.4, -0.2) is 12.5 Å². The molecule has 0 unspecified atom stereocenters. The van der Waals surface area contributed by atoms with Gasteiger partial charge >= 0.3 is 0 Å². The summed E-state index contributed by atoms with van der Waals surface area (Å²) in [5.41, 5.74) is 7.90. The second kappa shape index (κ2) is 6.43. The van der Waals surface area contributed by atoms with Gasteiger partial charge in [0.2, 0.25) is 5.91 Å². The Morgan fingerprint density at radius 1 is 1.28 bits per heavy atom. The molecule has 0 saturated carbocycles. The molecule has 0 aliphatic carbocycles. The van der Waals surface area contributed by atoms with Crippen LogP contribution in [0.2, 0.25) is 0 Å². The van der Waals surface area contributed by atoms with Crippen molar-refractivity contribution < 1.29 is 4.79 Å². The Morgan fingerprint density at radius 3 is 2.56 bits per heavy atom. The molecule has 1 rings (SSSR count). The number of nitrogen functional groups attached to an aromatic ring is 1. The van der Waals surface area contributed by atoms with E-state index in [1.54, 1.807) is 0 Å². The SMILES string of the molecule is CC(C)(C)CCNC(=O)CCc1ccccc1N. The summed E-state index contributed by atoms with van der Waals surface area (Å²) in [4.78, 5) is 11.7. The van der Waals surface area contributed by atoms with Gasteiger partial charge in [-0.1, -0.05) is 39.0 Å². The highest BCUT2D eigenvalue weighted by molar-refractivity contribution is 5.76. The summed E-state index contributed by atoms with van der Waals surface area (Å²) >= 11 is 0. The van der Waals surface area contributed by atoms with E-state index < -0.39 is 0 Å². The van der Waals surface area contributed by atoms with E-state index >= 15 is 0 Å². The van der Waals surface area contributed by atoms with E-state index in [9.17, 15) is 4.79 Å². The van der Waals surface area contributed by atoms with Crippen molar-refractivity contribution in [2.75, 3.05) is 12.3 Å². The monoisotopic (exact) mass is 248 g/mol. The second-order valence-corrected chi connectivity index (χ2v) is 5.86. The summed E-state index contributed by atoms with van der Waals surface area (Å²) in [6, 6.07) is 7.69. The number of nitrogens with two attached hydrogens (primary N) is 1. The Kier molecular flexibility index (Phi) is 5.20. The third kappa shape index (κ3) is 5.71. The summed E-state index contributed by atoms with van der Waals surface area (Å²) in [5, 5.41) is 2.95. The molecule has 0 aliphatic rings. The fraction of sp³-hybridized carbons (Fsp3) is 0.533. The number of amides is 1. The number of carbonyl (C=O) groups excluding carboxylic acids is 1. The minimum absolute atomic E-state index is 0.0995. The molecule has 0 aromatic heterocycles. The lowest BCUT2D eigenvalue weighted by Gasteiger charge is -2.18. The zero-order chi connectivity index (χ0) is 13.6. The predicted molar refractivity (Wildman–Crippen MR) is 76.3 cm³/mol. The minimum atomic E-state index is 0.0995. The molecule has 0 aliphatic heterocycles. The molecule has 0 bridgehead atoms. The van der Waals surface area contributed by atoms with Crippen LogP contribution in [0.15, 0.2) is 24.3 Å². The van der Waals surface area contributed by atoms with Crippen molar-refractivity contribution >= 4 is 11.6 Å². The number of aryl methyl sites for hydroxylation is 1. The highest BCUT2D eigenvalue weighted by Gasteiger charge is 2.10. The molecule has 1 aromatic carbocycles. The van der Waals surface area contributed by atoms with E-state index in [0.717, 1.165) is 24.2 Å². The average Bonchev–Trinajstić information content (AvgIpc) is 2.26. The Hall–Kier alpha value is -1.51. The Bertz CT molecular complexity index is 394. The van der Waals surface area contributed by atoms with Crippen molar-refractivity contribution in [1.29, 1.82) is 0 Å². The first-order valence-corrected chi connectivity index (χ1v) is 6.48. The predicted octanol–water partition coefficient (Wildman–Crippen LogP) is 2.75. The van der Waals surface area contributed by atoms with Crippen molar-refractivity contribution in [3.8, 4) is 0 Å². The number of nitrogens with one attached hydrogen (secondary N) is 1. The van der Waals surface area contributed by atoms with Gasteiger partial charge in [0.05, 0.1) is 0 Å². The summed E-state index contributed by atoms with van der Waals surface area (Å²) in [5.74, 6) is 0.0995. The van der Waals surface area contributed by atoms with Gasteiger partial charge in [-0.05, 0) is 29.9 Å². The van der Waals surface area contributed by atoms with Crippen LogP contribution in [0.1, 0.15) is 39.2 Å². The second-order valence-electron chi connectivity index (χ2n) is 5.86. The molecule has 3 nitrogen and oxygen atoms in total. The molecule has 0 heterocycles. The Labute approximate surface area is 110 Å². The molecule has 1 amide bonds. The summed E-state index contributed by atoms with van der Waals surface area (Å²) in [6.45, 7) is 7.25. The van der Waals surface area contributed by atoms with Gasteiger partial charge in [0, 0.05) is 18.7 Å². The average molecular weight is 248 g/mol. The van der Waals surface area contributed by atoms with Crippen LogP contribution in [0.25, 0.3) is 0 Å². The smallest absolute Gasteiger partial charge is 0.220 e. The van der Waals surface area contributed by atoms with Gasteiger partial charge in [0.25, 0.3) is 0 Å². The topological polar surface area (TPSA) is 55.1 Å². The molecule has 18 heavy (non-hydrogen) atoms. The zero-order valence-electron chi connectivity index (χ0n) is 11.6. The number of hydrogen-bond donors (Lipinski definition) is 2. The fourth-order valence-electron chi connectivity index (χ4n) is 1.68. The third-order valence-electron chi connectivity index (χ3n) is 2.87. The van der Waals surface area contributed by atoms with Crippen LogP contribution in [0.3, 0.4) is 0 Å². The van der Waals surface area contributed by atoms with E-state index in [0.29, 0.717) is 12.8 Å². The minimum Gasteiger partial charge on any atom is -0.399 e. The summed E-state index contributed by atoms with van der Waals surface area (Å²) in [7, 11) is 0. The van der Waals surface area contributed by atoms with Crippen molar-refractivity contribution in [3.63, 3.8) is 0 Å². The molecule has 1 aromatic rings. The van der Waals surface area contributed by atoms with Crippen LogP contribution >= 0.6 is 0 Å². The van der Waals surface area contributed by atoms with E-state index in [2.05, 4.69) is 26.1 Å². The van der Waals surface area contributed by atoms with Gasteiger partial charge < -0.3 is 11.1 Å². The van der Waals surface area contributed by atoms with E-state index in [1.165, 1.54) is 0 Å². The van der Waals surface area contributed by atoms with Gasteiger partial charge in [-0.3, -0.25) is 4.79 Å². The normalized spacial score (nSPS) is 11.3. The summed E-state index contributed by atoms with van der Waals surface area (Å²) in [6.07, 6.45) is 2.19. The zero-order valence-corrected chi connectivity index (χ0v) is 11.6. The molecule has 0 fully saturated rings. The molecule has 3 heteroatoms. The molecular formula is C15H24N2O. The number of para-hydroxylation sites is 1. The number of benzene rings is 1. The van der Waals surface area contributed by atoms with Gasteiger partial charge in [-0.25, -0.2) is 0 Å². The Balaban J connectivity index is 2.28. The van der Waals surface area contributed by atoms with Crippen LogP contribution in [0.5, 0.6) is 0 Å². The van der Waals surface area contributed by atoms with Crippen molar-refractivity contribution in [3.05, 3.63) is 29.8 Å². The molecule has 0 saturated heterocycles. The first kappa shape index (κ1) is 14.6. The quantitative estimate of drug-likeness (QED) is 0.787. The number of anilines is 1. The molecule has 0 radical (unpaired) electrons. The first-order valence-electron chi connectivity index (χ1n) is 6.48. The maximum atomic E-state index is 11.7. The van der Waals surface area contributed by atoms with E-state index in [-0.39, 0.29) is 11.3 Å². The number of rotatable bonds is 5. The standard InChI is InChI=1S/C15H24N2O/c1-15(2,3)10-11-17-14(18)9-8-12-6-4-5-7-13(12)16/h4-7H,8-11,16H2,1-3H3,(H,17,18). The molecule has 3 N–H and O–H groups in total. The number of carbonyl (C=O) groups is 1. The lowest BCUT2D eigenvalue weighted by atomic mass is 9.92. The van der Waals surface area contributed by atoms with Gasteiger partial charge in [0.1, 0.15) is 0 Å². The van der Waals surface area contributed by atoms with E-state index in [1.807, 2.05) is 24.3 Å². The van der Waals surface area contributed by atoms with E-state index in [4.69, 9.17) is 5.73 Å². The highest BCUT2D eigenvalue weighted by atomic mass is 16.1. The van der Waals surface area contributed by atoms with Gasteiger partial charge in [0.15, 0.2) is 0 Å². The maximum Gasteiger partial charge on any atom is 0.220 e. The van der Waals surface area contributed by atoms with Gasteiger partial charge in [-0.15, -0.1) is 0 Å². The molecule has 0 atom stereocenters. The van der Waals surface area contributed by atoms with Crippen LogP contribution in [0.4, 0.5) is 5.69 Å². The summed E-state index contributed by atoms with van der Waals surface area (Å²) < 4.78 is 0. The lowest BCUT2D eigenvalue weighted by molar-refractivity contribution is -0.121. The van der Waals surface area contributed by atoms with Crippen molar-refractivity contribution in [2.45, 2.75) is 40.0 Å². The molecule has 100 valence electrons. The van der Waals surface area contributed by atoms with Crippen LogP contribution in [-0.2, 0) is 11.2 Å². The number of hydrogen-bond acceptors (Lipinski definition) is 2. The van der Waals surface area contributed by atoms with Gasteiger partial charge in [-0.2, -0.15) is 0 Å². The lowest BCUT2D eigenvalue weighted by Crippen LogP contribution is -2.27. The molecule has 0 spiro atoms. The first-order chi connectivity index (χ1) is 8.38. The van der Waals surface area contributed by atoms with Crippen molar-refractivity contribution in [2.24, 2.45) is 5.41 Å². The van der Waals surface area contributed by atoms with Crippen LogP contribution < -0.4 is 11.1 Å². The largest absolute Gasteiger partial charge is 0.399 e. The fourth-order valence-corrected chi connectivity index (χ4v) is 1.68. The molecular weight excluding hydrogens is 224 g/mol. The van der Waals surface area contributed by atoms with Crippen LogP contribution in [0, 0.1) is 5.41 Å². The Morgan fingerprint density at radius 2 is 1.94 bits per heavy atom.